The van der Waals surface area contributed by atoms with Gasteiger partial charge in [-0.15, -0.1) is 6.58 Å². The van der Waals surface area contributed by atoms with Crippen LogP contribution in [0, 0.1) is 0 Å². The summed E-state index contributed by atoms with van der Waals surface area (Å²) < 4.78 is 0. The Morgan fingerprint density at radius 2 is 1.64 bits per heavy atom. The second-order valence-electron chi connectivity index (χ2n) is 1.49. The summed E-state index contributed by atoms with van der Waals surface area (Å²) in [7, 11) is 0. The van der Waals surface area contributed by atoms with E-state index in [-0.39, 0.29) is 0 Å². The van der Waals surface area contributed by atoms with E-state index in [4.69, 9.17) is 15.9 Å². The van der Waals surface area contributed by atoms with E-state index in [0.29, 0.717) is 6.54 Å². The van der Waals surface area contributed by atoms with Gasteiger partial charge in [0.25, 0.3) is 0 Å². The minimum atomic E-state index is -1.31. The average Bonchev–Trinajstić information content (AvgIpc) is 1.85. The van der Waals surface area contributed by atoms with Gasteiger partial charge in [0.05, 0.1) is 0 Å². The van der Waals surface area contributed by atoms with Gasteiger partial charge in [0.15, 0.2) is 0 Å². The molecule has 0 aromatic heterocycles. The summed E-state index contributed by atoms with van der Waals surface area (Å²) in [5.74, 6) is -2.62. The third-order valence-electron chi connectivity index (χ3n) is 0.469. The maximum absolute atomic E-state index is 9.43. The molecule has 11 heavy (non-hydrogen) atoms. The van der Waals surface area contributed by atoms with Crippen LogP contribution >= 0.6 is 0 Å². The molecule has 0 heterocycles. The predicted octanol–water partition coefficient (Wildman–Crippen LogP) is -0.323. The zero-order chi connectivity index (χ0) is 9.28. The van der Waals surface area contributed by atoms with Crippen molar-refractivity contribution in [1.29, 1.82) is 0 Å². The van der Waals surface area contributed by atoms with Crippen LogP contribution < -0.4 is 5.73 Å². The first-order chi connectivity index (χ1) is 5.04. The van der Waals surface area contributed by atoms with Crippen molar-refractivity contribution in [3.05, 3.63) is 12.7 Å². The molecule has 0 rings (SSSR count). The van der Waals surface area contributed by atoms with Crippen molar-refractivity contribution in [3.8, 4) is 0 Å². The molecule has 0 amide bonds. The summed E-state index contributed by atoms with van der Waals surface area (Å²) >= 11 is 0. The second-order valence-corrected chi connectivity index (χ2v) is 1.49. The SMILES string of the molecule is C=CCN.O=C(O)CC(=O)O. The number of carbonyl (C=O) groups is 2. The normalized spacial score (nSPS) is 7.36. The van der Waals surface area contributed by atoms with Crippen LogP contribution in [0.4, 0.5) is 0 Å². The Morgan fingerprint density at radius 1 is 1.36 bits per heavy atom. The van der Waals surface area contributed by atoms with Crippen molar-refractivity contribution in [1.82, 2.24) is 0 Å². The topological polar surface area (TPSA) is 101 Å². The van der Waals surface area contributed by atoms with Gasteiger partial charge >= 0.3 is 11.9 Å². The van der Waals surface area contributed by atoms with Crippen molar-refractivity contribution in [2.24, 2.45) is 5.73 Å². The second kappa shape index (κ2) is 8.64. The predicted molar refractivity (Wildman–Crippen MR) is 39.1 cm³/mol. The van der Waals surface area contributed by atoms with Crippen LogP contribution in [0.3, 0.4) is 0 Å². The highest BCUT2D eigenvalue weighted by atomic mass is 16.4. The Morgan fingerprint density at radius 3 is 1.64 bits per heavy atom. The molecule has 0 aliphatic heterocycles. The van der Waals surface area contributed by atoms with Crippen LogP contribution in [0.5, 0.6) is 0 Å². The monoisotopic (exact) mass is 161 g/mol. The molecule has 0 fully saturated rings. The molecule has 0 unspecified atom stereocenters. The third-order valence-corrected chi connectivity index (χ3v) is 0.469. The van der Waals surface area contributed by atoms with Crippen molar-refractivity contribution in [2.75, 3.05) is 6.54 Å². The molecule has 5 heteroatoms. The minimum absolute atomic E-state index is 0.583. The van der Waals surface area contributed by atoms with Gasteiger partial charge in [-0.1, -0.05) is 6.08 Å². The molecule has 0 aromatic rings. The first kappa shape index (κ1) is 12.3. The van der Waals surface area contributed by atoms with E-state index in [1.54, 1.807) is 6.08 Å². The Balaban J connectivity index is 0. The number of carboxylic acid groups (broad SMARTS) is 2. The first-order valence-electron chi connectivity index (χ1n) is 2.79. The summed E-state index contributed by atoms with van der Waals surface area (Å²) in [6.45, 7) is 3.94. The number of carboxylic acids is 2. The van der Waals surface area contributed by atoms with Crippen LogP contribution in [-0.2, 0) is 9.59 Å². The standard InChI is InChI=1S/C3H7N.C3H4O4/c1-2-3-4;4-2(5)1-3(6)7/h2H,1,3-4H2;1H2,(H,4,5)(H,6,7). The number of nitrogens with two attached hydrogens (primary N) is 1. The molecule has 0 aliphatic carbocycles. The maximum Gasteiger partial charge on any atom is 0.314 e. The summed E-state index contributed by atoms with van der Waals surface area (Å²) in [5, 5.41) is 15.4. The Bertz CT molecular complexity index is 132. The molecule has 5 nitrogen and oxygen atoms in total. The number of rotatable bonds is 3. The Kier molecular flexibility index (Phi) is 9.68. The zero-order valence-electron chi connectivity index (χ0n) is 5.99. The van der Waals surface area contributed by atoms with Crippen LogP contribution in [0.1, 0.15) is 6.42 Å². The van der Waals surface area contributed by atoms with Gasteiger partial charge in [0.1, 0.15) is 6.42 Å². The van der Waals surface area contributed by atoms with Gasteiger partial charge in [0, 0.05) is 6.54 Å². The van der Waals surface area contributed by atoms with E-state index >= 15 is 0 Å². The van der Waals surface area contributed by atoms with Gasteiger partial charge in [-0.3, -0.25) is 9.59 Å². The lowest BCUT2D eigenvalue weighted by Gasteiger charge is -1.80. The third kappa shape index (κ3) is 28.8. The first-order valence-corrected chi connectivity index (χ1v) is 2.79. The van der Waals surface area contributed by atoms with Gasteiger partial charge in [-0.2, -0.15) is 0 Å². The molecule has 0 saturated carbocycles. The lowest BCUT2D eigenvalue weighted by atomic mass is 10.5. The van der Waals surface area contributed by atoms with Gasteiger partial charge in [-0.25, -0.2) is 0 Å². The highest BCUT2D eigenvalue weighted by Gasteiger charge is 2.01. The van der Waals surface area contributed by atoms with Gasteiger partial charge in [0.2, 0.25) is 0 Å². The molecular weight excluding hydrogens is 150 g/mol. The molecule has 0 bridgehead atoms. The highest BCUT2D eigenvalue weighted by Crippen LogP contribution is 1.74. The van der Waals surface area contributed by atoms with Crippen LogP contribution in [0.2, 0.25) is 0 Å². The average molecular weight is 161 g/mol. The quantitative estimate of drug-likeness (QED) is 0.389. The lowest BCUT2D eigenvalue weighted by Crippen LogP contribution is -2.03. The molecule has 4 N–H and O–H groups in total. The molecule has 0 spiro atoms. The van der Waals surface area contributed by atoms with Crippen LogP contribution in [0.15, 0.2) is 12.7 Å². The smallest absolute Gasteiger partial charge is 0.314 e. The van der Waals surface area contributed by atoms with Crippen LogP contribution in [0.25, 0.3) is 0 Å². The van der Waals surface area contributed by atoms with Gasteiger partial charge < -0.3 is 15.9 Å². The van der Waals surface area contributed by atoms with Crippen molar-refractivity contribution < 1.29 is 19.8 Å². The van der Waals surface area contributed by atoms with Crippen molar-refractivity contribution >= 4 is 11.9 Å². The number of hydrogen-bond acceptors (Lipinski definition) is 3. The summed E-state index contributed by atoms with van der Waals surface area (Å²) in [5.41, 5.74) is 4.91. The van der Waals surface area contributed by atoms with E-state index in [0.717, 1.165) is 0 Å². The molecule has 0 aliphatic rings. The largest absolute Gasteiger partial charge is 0.481 e. The van der Waals surface area contributed by atoms with E-state index in [2.05, 4.69) is 6.58 Å². The lowest BCUT2D eigenvalue weighted by molar-refractivity contribution is -0.147. The highest BCUT2D eigenvalue weighted by molar-refractivity contribution is 5.88. The minimum Gasteiger partial charge on any atom is -0.481 e. The number of aliphatic carboxylic acids is 2. The fourth-order valence-corrected chi connectivity index (χ4v) is 0.129. The molecule has 0 atom stereocenters. The van der Waals surface area contributed by atoms with E-state index in [1.807, 2.05) is 0 Å². The molecule has 64 valence electrons. The molecule has 0 radical (unpaired) electrons. The Labute approximate surface area is 64.1 Å². The summed E-state index contributed by atoms with van der Waals surface area (Å²) in [4.78, 5) is 18.9. The molecule has 0 saturated heterocycles. The van der Waals surface area contributed by atoms with E-state index < -0.39 is 18.4 Å². The number of hydrogen-bond donors (Lipinski definition) is 3. The van der Waals surface area contributed by atoms with E-state index in [9.17, 15) is 9.59 Å². The summed E-state index contributed by atoms with van der Waals surface area (Å²) in [6, 6.07) is 0. The Hall–Kier alpha value is -1.36. The molecular formula is C6H11NO4. The summed E-state index contributed by atoms with van der Waals surface area (Å²) in [6.07, 6.45) is 0.847. The van der Waals surface area contributed by atoms with Crippen molar-refractivity contribution in [2.45, 2.75) is 6.42 Å². The zero-order valence-corrected chi connectivity index (χ0v) is 5.99. The van der Waals surface area contributed by atoms with Gasteiger partial charge in [-0.05, 0) is 0 Å². The van der Waals surface area contributed by atoms with Crippen molar-refractivity contribution in [3.63, 3.8) is 0 Å². The fraction of sp³-hybridized carbons (Fsp3) is 0.333. The van der Waals surface area contributed by atoms with E-state index in [1.165, 1.54) is 0 Å². The van der Waals surface area contributed by atoms with Crippen LogP contribution in [-0.4, -0.2) is 28.7 Å². The fourth-order valence-electron chi connectivity index (χ4n) is 0.129. The maximum atomic E-state index is 9.43. The molecule has 0 aromatic carbocycles.